The molecule has 0 spiro atoms. The average Bonchev–Trinajstić information content (AvgIpc) is 1.54. The minimum Gasteiger partial charge on any atom is -0.233 e. The zero-order valence-corrected chi connectivity index (χ0v) is 61.4. The van der Waals surface area contributed by atoms with Crippen LogP contribution in [0.1, 0.15) is 111 Å². The van der Waals surface area contributed by atoms with Crippen LogP contribution in [0.5, 0.6) is 0 Å². The molecule has 0 fully saturated rings. The summed E-state index contributed by atoms with van der Waals surface area (Å²) in [6.07, 6.45) is 0.904. The van der Waals surface area contributed by atoms with Crippen molar-refractivity contribution in [2.75, 3.05) is 0 Å². The Labute approximate surface area is 673 Å². The first-order chi connectivity index (χ1) is 62.1. The standard InChI is InChI=1S/C32H23NO2S.C26H18.C19H14BrNO2S.C13H10.C6H4BrF/c1-21-14-17-23(18-15-21)36(34,35)33-30-13-7-6-10-26(30)29-20-22(16-19-31(29)33)32-27-11-4-2-8-24(27)25-9-3-5-12-28(25)32;1-2-8-20-17(7-1)15-18-13-14-19(16-25(18)20)26-23-11-5-3-9-21(23)22-10-4-6-12-24(22)26;1-13-6-9-15(10-7-13)24(22,23)21-18-5-3-2-4-16(18)17-12-14(20)8-11-19(17)21;1-3-7-12-10(5-1)9-11-6-2-4-8-13(11)12;7-5-3-1-2-4-6(5)8/h2-20,32H,1H3;1-14,16,26H,15H2;2-12H,1H3;1-8H,9H2;1-4H/i2D,3D,4D,5D,8D,9D,11D,12D;3D,4D,5D,6D,9D,10D,11D,12D;;1D,2D,3D,4D,5D,6D,7D,8D;. The van der Waals surface area contributed by atoms with Crippen molar-refractivity contribution in [2.24, 2.45) is 0 Å². The smallest absolute Gasteiger partial charge is 0.233 e. The zero-order chi connectivity index (χ0) is 94.0. The summed E-state index contributed by atoms with van der Waals surface area (Å²) in [5.41, 5.74) is 12.4. The quantitative estimate of drug-likeness (QED) is 0.166. The molecule has 0 unspecified atom stereocenters. The van der Waals surface area contributed by atoms with E-state index in [-0.39, 0.29) is 170 Å². The summed E-state index contributed by atoms with van der Waals surface area (Å²) < 4.78 is 269. The maximum absolute atomic E-state index is 14.0. The second-order valence-electron chi connectivity index (χ2n) is 25.7. The molecule has 2 aromatic heterocycles. The second kappa shape index (κ2) is 28.5. The lowest BCUT2D eigenvalue weighted by Gasteiger charge is -2.16. The largest absolute Gasteiger partial charge is 0.268 e. The molecule has 0 saturated carbocycles. The lowest BCUT2D eigenvalue weighted by molar-refractivity contribution is 0.588. The Kier molecular flexibility index (Phi) is 12.4. The number of aromatic nitrogens is 2. The fourth-order valence-electron chi connectivity index (χ4n) is 14.4. The molecule has 0 bridgehead atoms. The van der Waals surface area contributed by atoms with Crippen LogP contribution in [0.15, 0.2) is 364 Å². The van der Waals surface area contributed by atoms with Crippen LogP contribution in [0.25, 0.3) is 88.1 Å². The van der Waals surface area contributed by atoms with Crippen molar-refractivity contribution in [3.8, 4) is 44.5 Å². The average molecular weight is 1580 g/mol. The third kappa shape index (κ3) is 12.6. The van der Waals surface area contributed by atoms with Gasteiger partial charge in [-0.05, 0) is 228 Å². The number of rotatable bonds is 6. The summed E-state index contributed by atoms with van der Waals surface area (Å²) in [6.45, 7) is 3.81. The Morgan fingerprint density at radius 2 is 0.710 bits per heavy atom. The highest BCUT2D eigenvalue weighted by atomic mass is 79.9. The van der Waals surface area contributed by atoms with Gasteiger partial charge >= 0.3 is 0 Å². The molecule has 0 aliphatic heterocycles. The minimum atomic E-state index is -4.02. The van der Waals surface area contributed by atoms with Crippen LogP contribution < -0.4 is 0 Å². The maximum Gasteiger partial charge on any atom is 0.268 e. The van der Waals surface area contributed by atoms with Gasteiger partial charge in [0, 0.05) is 37.9 Å². The third-order valence-corrected chi connectivity index (χ3v) is 23.9. The zero-order valence-electron chi connectivity index (χ0n) is 80.6. The van der Waals surface area contributed by atoms with Crippen molar-refractivity contribution < 1.29 is 54.1 Å². The van der Waals surface area contributed by atoms with E-state index in [4.69, 9.17) is 32.9 Å². The summed E-state index contributed by atoms with van der Waals surface area (Å²) in [5, 5.41) is 3.05. The molecule has 4 aliphatic rings. The second-order valence-corrected chi connectivity index (χ2v) is 31.0. The molecule has 0 atom stereocenters. The molecule has 21 rings (SSSR count). The molecule has 4 aliphatic carbocycles. The Morgan fingerprint density at radius 1 is 0.336 bits per heavy atom. The van der Waals surface area contributed by atoms with Gasteiger partial charge in [-0.2, -0.15) is 0 Å². The topological polar surface area (TPSA) is 78.1 Å². The maximum atomic E-state index is 14.0. The lowest BCUT2D eigenvalue weighted by Crippen LogP contribution is -2.12. The first kappa shape index (κ1) is 46.6. The number of para-hydroxylation sites is 2. The summed E-state index contributed by atoms with van der Waals surface area (Å²) in [6, 6.07) is 51.2. The number of fused-ring (bicyclic) bond motifs is 18. The van der Waals surface area contributed by atoms with Gasteiger partial charge < -0.3 is 0 Å². The van der Waals surface area contributed by atoms with Gasteiger partial charge in [-0.3, -0.25) is 0 Å². The molecule has 15 aromatic carbocycles. The Morgan fingerprint density at radius 3 is 1.20 bits per heavy atom. The molecule has 0 N–H and O–H groups in total. The van der Waals surface area contributed by atoms with Gasteiger partial charge in [0.25, 0.3) is 20.0 Å². The number of benzene rings is 15. The molecule has 0 radical (unpaired) electrons. The first-order valence-corrected chi connectivity index (χ1v) is 38.2. The van der Waals surface area contributed by atoms with Crippen molar-refractivity contribution in [3.05, 3.63) is 427 Å². The molecule has 2 heterocycles. The number of hydrogen-bond acceptors (Lipinski definition) is 4. The first-order valence-electron chi connectivity index (χ1n) is 45.7. The van der Waals surface area contributed by atoms with E-state index in [1.165, 1.54) is 19.6 Å². The predicted octanol–water partition coefficient (Wildman–Crippen LogP) is 24.9. The van der Waals surface area contributed by atoms with Gasteiger partial charge in [-0.1, -0.05) is 287 Å². The number of nitrogens with zero attached hydrogens (tertiary/aromatic N) is 2. The SMILES string of the molecule is Cc1ccc(S(=O)(=O)n2c3ccccc3c3cc(Br)ccc32)cc1.Fc1ccccc1Br.[2H]c1c([2H])c([2H])c2c(c1[2H])-c1c([2H])c([2H])c([2H])c([2H])c1C2c1ccc2c(c1)-c1ccccc1C2.[2H]c1c([2H])c([2H])c2c(c1[2H])-c1c([2H])c([2H])c([2H])c([2H])c1C2c1ccc2c(c1)c1ccccc1n2S(=O)(=O)c1ccc(C)cc1.[2H]c1c([2H])c([2H])c2c(c1[2H])Cc1c([2H])c([2H])c([2H])c([2H])c1-2. The number of halogens is 3. The Balaban J connectivity index is 0.000000123. The summed E-state index contributed by atoms with van der Waals surface area (Å²) in [4.78, 5) is 0.416. The molecule has 520 valence electrons. The van der Waals surface area contributed by atoms with Crippen LogP contribution in [0.4, 0.5) is 4.39 Å². The summed E-state index contributed by atoms with van der Waals surface area (Å²) in [7, 11) is -7.70. The van der Waals surface area contributed by atoms with Gasteiger partial charge in [-0.15, -0.1) is 0 Å². The van der Waals surface area contributed by atoms with Crippen molar-refractivity contribution in [1.29, 1.82) is 0 Å². The van der Waals surface area contributed by atoms with Crippen LogP contribution in [0, 0.1) is 19.7 Å². The monoisotopic (exact) mass is 1580 g/mol. The molecule has 11 heteroatoms. The third-order valence-electron chi connectivity index (χ3n) is 19.3. The van der Waals surface area contributed by atoms with E-state index in [9.17, 15) is 21.2 Å². The number of hydrogen-bond donors (Lipinski definition) is 0. The molecular weight excluding hydrogens is 1490 g/mol. The van der Waals surface area contributed by atoms with E-state index in [1.54, 1.807) is 97.1 Å². The Hall–Kier alpha value is -11.3. The van der Waals surface area contributed by atoms with Gasteiger partial charge in [0.15, 0.2) is 0 Å². The summed E-state index contributed by atoms with van der Waals surface area (Å²) in [5.74, 6) is -1.90. The molecule has 17 aromatic rings. The fraction of sp³-hybridized carbons (Fsp3) is 0.0625. The van der Waals surface area contributed by atoms with Crippen molar-refractivity contribution in [3.63, 3.8) is 0 Å². The molecule has 107 heavy (non-hydrogen) atoms. The van der Waals surface area contributed by atoms with Gasteiger partial charge in [0.1, 0.15) is 5.82 Å². The van der Waals surface area contributed by atoms with E-state index in [0.717, 1.165) is 55.0 Å². The van der Waals surface area contributed by atoms with Crippen LogP contribution >= 0.6 is 31.9 Å². The normalized spacial score (nSPS) is 15.9. The molecule has 0 saturated heterocycles. The van der Waals surface area contributed by atoms with E-state index in [1.807, 2.05) is 98.8 Å². The van der Waals surface area contributed by atoms with Crippen LogP contribution in [0.2, 0.25) is 0 Å². The number of aryl methyl sites for hydroxylation is 2. The van der Waals surface area contributed by atoms with Crippen molar-refractivity contribution >= 4 is 95.5 Å². The van der Waals surface area contributed by atoms with Gasteiger partial charge in [-0.25, -0.2) is 29.2 Å². The van der Waals surface area contributed by atoms with Crippen LogP contribution in [-0.4, -0.2) is 24.8 Å². The summed E-state index contributed by atoms with van der Waals surface area (Å²) >= 11 is 6.49. The minimum absolute atomic E-state index is 0.0486. The van der Waals surface area contributed by atoms with Crippen molar-refractivity contribution in [1.82, 2.24) is 7.94 Å². The highest BCUT2D eigenvalue weighted by molar-refractivity contribution is 9.10. The molecular formula is C96H69Br2FN2O4S2. The van der Waals surface area contributed by atoms with E-state index in [0.29, 0.717) is 70.0 Å². The molecule has 0 amide bonds. The van der Waals surface area contributed by atoms with Gasteiger partial charge in [0.05, 0.1) is 69.2 Å². The highest BCUT2D eigenvalue weighted by Gasteiger charge is 2.33. The van der Waals surface area contributed by atoms with Crippen molar-refractivity contribution in [2.45, 2.75) is 48.3 Å². The van der Waals surface area contributed by atoms with E-state index >= 15 is 0 Å². The van der Waals surface area contributed by atoms with E-state index < -0.39 is 68.1 Å². The fourth-order valence-corrected chi connectivity index (χ4v) is 18.1. The predicted molar refractivity (Wildman–Crippen MR) is 443 cm³/mol. The van der Waals surface area contributed by atoms with Gasteiger partial charge in [0.2, 0.25) is 0 Å². The lowest BCUT2D eigenvalue weighted by atomic mass is 9.87. The Bertz CT molecular complexity index is 7870. The van der Waals surface area contributed by atoms with Crippen LogP contribution in [-0.2, 0) is 32.9 Å². The highest BCUT2D eigenvalue weighted by Crippen LogP contribution is 2.51. The van der Waals surface area contributed by atoms with E-state index in [2.05, 4.69) is 44.0 Å². The molecule has 6 nitrogen and oxygen atoms in total. The van der Waals surface area contributed by atoms with Crippen LogP contribution in [0.3, 0.4) is 0 Å².